The highest BCUT2D eigenvalue weighted by atomic mass is 35.5. The highest BCUT2D eigenvalue weighted by molar-refractivity contribution is 6.32. The maximum Gasteiger partial charge on any atom is 0.354 e. The number of rotatable bonds is 4. The van der Waals surface area contributed by atoms with Gasteiger partial charge in [-0.15, -0.1) is 0 Å². The number of H-pyrrole nitrogens is 1. The number of halogens is 1. The van der Waals surface area contributed by atoms with E-state index in [0.717, 1.165) is 6.07 Å². The molecule has 2 rings (SSSR count). The molecule has 98 valence electrons. The van der Waals surface area contributed by atoms with Gasteiger partial charge in [0.05, 0.1) is 5.02 Å². The van der Waals surface area contributed by atoms with Crippen molar-refractivity contribution in [2.75, 3.05) is 0 Å². The summed E-state index contributed by atoms with van der Waals surface area (Å²) in [5.74, 6) is -0.734. The van der Waals surface area contributed by atoms with Crippen molar-refractivity contribution in [3.05, 3.63) is 57.2 Å². The molecule has 0 aliphatic carbocycles. The van der Waals surface area contributed by atoms with E-state index < -0.39 is 11.5 Å². The molecule has 0 aliphatic heterocycles. The molecule has 0 fully saturated rings. The molecule has 2 aromatic rings. The van der Waals surface area contributed by atoms with E-state index in [0.29, 0.717) is 10.8 Å². The minimum Gasteiger partial charge on any atom is -0.484 e. The van der Waals surface area contributed by atoms with Crippen LogP contribution in [-0.4, -0.2) is 21.0 Å². The van der Waals surface area contributed by atoms with E-state index >= 15 is 0 Å². The zero-order valence-corrected chi connectivity index (χ0v) is 10.3. The second kappa shape index (κ2) is 5.53. The minimum absolute atomic E-state index is 0.0832. The number of aromatic amines is 1. The molecule has 0 saturated carbocycles. The van der Waals surface area contributed by atoms with Crippen LogP contribution in [-0.2, 0) is 6.61 Å². The normalized spacial score (nSPS) is 10.2. The summed E-state index contributed by atoms with van der Waals surface area (Å²) in [7, 11) is 0. The number of aromatic nitrogens is 2. The molecule has 0 atom stereocenters. The van der Waals surface area contributed by atoms with Gasteiger partial charge in [-0.05, 0) is 12.1 Å². The number of aromatic carboxylic acids is 1. The summed E-state index contributed by atoms with van der Waals surface area (Å²) in [6, 6.07) is 7.70. The zero-order valence-electron chi connectivity index (χ0n) is 9.59. The molecule has 0 unspecified atom stereocenters. The predicted molar refractivity (Wildman–Crippen MR) is 67.6 cm³/mol. The molecule has 0 saturated heterocycles. The number of nitrogens with zero attached hydrogens (tertiary/aromatic N) is 1. The lowest BCUT2D eigenvalue weighted by Crippen LogP contribution is -2.17. The monoisotopic (exact) mass is 280 g/mol. The van der Waals surface area contributed by atoms with Crippen LogP contribution in [0, 0.1) is 0 Å². The van der Waals surface area contributed by atoms with Crippen molar-refractivity contribution in [3.63, 3.8) is 0 Å². The fourth-order valence-electron chi connectivity index (χ4n) is 1.39. The lowest BCUT2D eigenvalue weighted by molar-refractivity contribution is 0.0689. The number of carboxylic acids is 1. The van der Waals surface area contributed by atoms with E-state index in [1.807, 2.05) is 0 Å². The maximum absolute atomic E-state index is 11.3. The van der Waals surface area contributed by atoms with Crippen LogP contribution in [0.25, 0.3) is 0 Å². The van der Waals surface area contributed by atoms with Crippen molar-refractivity contribution in [2.24, 2.45) is 0 Å². The van der Waals surface area contributed by atoms with Crippen LogP contribution in [0.2, 0.25) is 5.02 Å². The van der Waals surface area contributed by atoms with Gasteiger partial charge < -0.3 is 14.8 Å². The molecule has 0 spiro atoms. The van der Waals surface area contributed by atoms with Gasteiger partial charge in [-0.2, -0.15) is 0 Å². The Kier molecular flexibility index (Phi) is 3.82. The molecule has 0 aliphatic rings. The van der Waals surface area contributed by atoms with E-state index in [9.17, 15) is 9.59 Å². The third-order valence-corrected chi connectivity index (χ3v) is 2.52. The average Bonchev–Trinajstić information content (AvgIpc) is 2.37. The molecular formula is C12H9ClN2O4. The number of para-hydroxylation sites is 1. The first-order chi connectivity index (χ1) is 9.06. The van der Waals surface area contributed by atoms with Crippen molar-refractivity contribution in [3.8, 4) is 5.75 Å². The number of ether oxygens (including phenoxy) is 1. The standard InChI is InChI=1S/C12H9ClN2O4/c13-7-3-1-2-4-9(7)19-6-10-14-8(12(17)18)5-11(16)15-10/h1-5H,6H2,(H,17,18)(H,14,15,16). The van der Waals surface area contributed by atoms with E-state index in [1.165, 1.54) is 0 Å². The Labute approximate surface area is 112 Å². The van der Waals surface area contributed by atoms with Crippen molar-refractivity contribution < 1.29 is 14.6 Å². The molecule has 6 nitrogen and oxygen atoms in total. The van der Waals surface area contributed by atoms with E-state index in [-0.39, 0.29) is 18.1 Å². The Morgan fingerprint density at radius 3 is 2.84 bits per heavy atom. The molecular weight excluding hydrogens is 272 g/mol. The lowest BCUT2D eigenvalue weighted by Gasteiger charge is -2.07. The molecule has 1 aromatic heterocycles. The van der Waals surface area contributed by atoms with Crippen LogP contribution in [0.3, 0.4) is 0 Å². The Hall–Kier alpha value is -2.34. The quantitative estimate of drug-likeness (QED) is 0.889. The lowest BCUT2D eigenvalue weighted by atomic mass is 10.3. The third-order valence-electron chi connectivity index (χ3n) is 2.21. The van der Waals surface area contributed by atoms with Gasteiger partial charge >= 0.3 is 5.97 Å². The van der Waals surface area contributed by atoms with Crippen LogP contribution >= 0.6 is 11.6 Å². The van der Waals surface area contributed by atoms with Crippen LogP contribution in [0.4, 0.5) is 0 Å². The van der Waals surface area contributed by atoms with Gasteiger partial charge in [0.25, 0.3) is 5.56 Å². The van der Waals surface area contributed by atoms with Gasteiger partial charge in [0.1, 0.15) is 18.2 Å². The van der Waals surface area contributed by atoms with E-state index in [4.69, 9.17) is 21.4 Å². The summed E-state index contributed by atoms with van der Waals surface area (Å²) in [5, 5.41) is 9.20. The van der Waals surface area contributed by atoms with Gasteiger partial charge in [-0.3, -0.25) is 4.79 Å². The number of hydrogen-bond donors (Lipinski definition) is 2. The summed E-state index contributed by atoms with van der Waals surface area (Å²) >= 11 is 5.89. The van der Waals surface area contributed by atoms with Crippen LogP contribution in [0.5, 0.6) is 5.75 Å². The molecule has 1 aromatic carbocycles. The molecule has 7 heteroatoms. The largest absolute Gasteiger partial charge is 0.484 e. The Balaban J connectivity index is 2.18. The highest BCUT2D eigenvalue weighted by Crippen LogP contribution is 2.23. The summed E-state index contributed by atoms with van der Waals surface area (Å²) in [5.41, 5.74) is -0.883. The van der Waals surface area contributed by atoms with Gasteiger partial charge in [0.15, 0.2) is 5.69 Å². The third kappa shape index (κ3) is 3.32. The van der Waals surface area contributed by atoms with Crippen LogP contribution in [0.15, 0.2) is 35.1 Å². The molecule has 2 N–H and O–H groups in total. The van der Waals surface area contributed by atoms with Crippen LogP contribution in [0.1, 0.15) is 16.3 Å². The van der Waals surface area contributed by atoms with Gasteiger partial charge in [0.2, 0.25) is 0 Å². The first-order valence-corrected chi connectivity index (χ1v) is 5.65. The molecule has 0 amide bonds. The molecule has 0 radical (unpaired) electrons. The average molecular weight is 281 g/mol. The van der Waals surface area contributed by atoms with Crippen LogP contribution < -0.4 is 10.3 Å². The predicted octanol–water partition coefficient (Wildman–Crippen LogP) is 1.70. The van der Waals surface area contributed by atoms with Crippen molar-refractivity contribution >= 4 is 17.6 Å². The second-order valence-electron chi connectivity index (χ2n) is 3.60. The van der Waals surface area contributed by atoms with Gasteiger partial charge in [-0.1, -0.05) is 23.7 Å². The summed E-state index contributed by atoms with van der Waals surface area (Å²) in [6.07, 6.45) is 0. The zero-order chi connectivity index (χ0) is 13.8. The number of carboxylic acid groups (broad SMARTS) is 1. The van der Waals surface area contributed by atoms with Crippen molar-refractivity contribution in [1.82, 2.24) is 9.97 Å². The highest BCUT2D eigenvalue weighted by Gasteiger charge is 2.09. The minimum atomic E-state index is -1.27. The molecule has 0 bridgehead atoms. The summed E-state index contributed by atoms with van der Waals surface area (Å²) in [6.45, 7) is -0.0832. The molecule has 1 heterocycles. The number of hydrogen-bond acceptors (Lipinski definition) is 4. The fourth-order valence-corrected chi connectivity index (χ4v) is 1.58. The number of carbonyl (C=O) groups is 1. The Morgan fingerprint density at radius 2 is 2.16 bits per heavy atom. The second-order valence-corrected chi connectivity index (χ2v) is 4.01. The van der Waals surface area contributed by atoms with Crippen molar-refractivity contribution in [1.29, 1.82) is 0 Å². The molecule has 19 heavy (non-hydrogen) atoms. The number of nitrogens with one attached hydrogen (secondary N) is 1. The fraction of sp³-hybridized carbons (Fsp3) is 0.0833. The van der Waals surface area contributed by atoms with E-state index in [2.05, 4.69) is 9.97 Å². The summed E-state index contributed by atoms with van der Waals surface area (Å²) in [4.78, 5) is 28.2. The number of benzene rings is 1. The van der Waals surface area contributed by atoms with Gasteiger partial charge in [0, 0.05) is 6.07 Å². The Bertz CT molecular complexity index is 669. The first kappa shape index (κ1) is 13.1. The first-order valence-electron chi connectivity index (χ1n) is 5.27. The smallest absolute Gasteiger partial charge is 0.354 e. The van der Waals surface area contributed by atoms with Crippen molar-refractivity contribution in [2.45, 2.75) is 6.61 Å². The summed E-state index contributed by atoms with van der Waals surface area (Å²) < 4.78 is 5.36. The van der Waals surface area contributed by atoms with E-state index in [1.54, 1.807) is 24.3 Å². The Morgan fingerprint density at radius 1 is 1.42 bits per heavy atom. The maximum atomic E-state index is 11.3. The SMILES string of the molecule is O=C(O)c1cc(=O)[nH]c(COc2ccccc2Cl)n1. The van der Waals surface area contributed by atoms with Gasteiger partial charge in [-0.25, -0.2) is 9.78 Å². The topological polar surface area (TPSA) is 92.3 Å².